The van der Waals surface area contributed by atoms with Gasteiger partial charge in [0.25, 0.3) is 5.56 Å². The lowest BCUT2D eigenvalue weighted by atomic mass is 10.2. The fourth-order valence-electron chi connectivity index (χ4n) is 2.41. The largest absolute Gasteiger partial charge is 0.336 e. The van der Waals surface area contributed by atoms with Crippen molar-refractivity contribution in [2.24, 2.45) is 0 Å². The molecule has 4 nitrogen and oxygen atoms in total. The van der Waals surface area contributed by atoms with Crippen LogP contribution in [0.3, 0.4) is 0 Å². The van der Waals surface area contributed by atoms with E-state index in [2.05, 4.69) is 28.1 Å². The lowest BCUT2D eigenvalue weighted by molar-refractivity contribution is -0.132. The summed E-state index contributed by atoms with van der Waals surface area (Å²) in [4.78, 5) is 27.4. The van der Waals surface area contributed by atoms with Crippen molar-refractivity contribution in [3.8, 4) is 0 Å². The molecule has 114 valence electrons. The first-order chi connectivity index (χ1) is 10.6. The van der Waals surface area contributed by atoms with Crippen LogP contribution in [0.5, 0.6) is 0 Å². The molecule has 1 aromatic heterocycles. The summed E-state index contributed by atoms with van der Waals surface area (Å²) in [5, 5.41) is 0. The standard InChI is InChI=1S/C16H15BrN2O2S/c17-13-5-6-15(20)19(10-13)11-16(21)18-7-8-22-14-4-2-1-3-12(14)9-18/h1-6,10H,7-9,11H2. The van der Waals surface area contributed by atoms with Crippen LogP contribution in [0.2, 0.25) is 0 Å². The molecule has 22 heavy (non-hydrogen) atoms. The second kappa shape index (κ2) is 6.71. The Bertz CT molecular complexity index is 760. The van der Waals surface area contributed by atoms with E-state index in [1.54, 1.807) is 24.0 Å². The van der Waals surface area contributed by atoms with Gasteiger partial charge in [-0.25, -0.2) is 0 Å². The van der Waals surface area contributed by atoms with Crippen molar-refractivity contribution in [3.05, 3.63) is 63.0 Å². The molecule has 0 aliphatic carbocycles. The summed E-state index contributed by atoms with van der Waals surface area (Å²) in [7, 11) is 0. The van der Waals surface area contributed by atoms with Gasteiger partial charge in [-0.3, -0.25) is 9.59 Å². The minimum atomic E-state index is -0.166. The van der Waals surface area contributed by atoms with Gasteiger partial charge >= 0.3 is 0 Å². The molecule has 0 spiro atoms. The first kappa shape index (κ1) is 15.4. The molecule has 1 amide bonds. The number of halogens is 1. The predicted octanol–water partition coefficient (Wildman–Crippen LogP) is 2.75. The third-order valence-corrected chi connectivity index (χ3v) is 5.12. The van der Waals surface area contributed by atoms with Crippen LogP contribution < -0.4 is 5.56 Å². The number of pyridine rings is 1. The molecule has 1 aliphatic heterocycles. The zero-order chi connectivity index (χ0) is 15.5. The van der Waals surface area contributed by atoms with Crippen LogP contribution in [0.1, 0.15) is 5.56 Å². The third kappa shape index (κ3) is 3.44. The Balaban J connectivity index is 1.78. The summed E-state index contributed by atoms with van der Waals surface area (Å²) in [5.74, 6) is 0.841. The highest BCUT2D eigenvalue weighted by atomic mass is 79.9. The number of nitrogens with zero attached hydrogens (tertiary/aromatic N) is 2. The Morgan fingerprint density at radius 1 is 1.23 bits per heavy atom. The molecule has 0 radical (unpaired) electrons. The van der Waals surface area contributed by atoms with Crippen molar-refractivity contribution in [2.45, 2.75) is 18.0 Å². The van der Waals surface area contributed by atoms with Crippen molar-refractivity contribution >= 4 is 33.6 Å². The number of carbonyl (C=O) groups is 1. The maximum atomic E-state index is 12.5. The van der Waals surface area contributed by atoms with E-state index in [4.69, 9.17) is 0 Å². The van der Waals surface area contributed by atoms with E-state index in [1.807, 2.05) is 17.0 Å². The molecule has 0 unspecified atom stereocenters. The van der Waals surface area contributed by atoms with E-state index in [-0.39, 0.29) is 18.0 Å². The smallest absolute Gasteiger partial charge is 0.251 e. The van der Waals surface area contributed by atoms with Crippen molar-refractivity contribution in [2.75, 3.05) is 12.3 Å². The zero-order valence-corrected chi connectivity index (χ0v) is 14.3. The lowest BCUT2D eigenvalue weighted by Crippen LogP contribution is -2.36. The summed E-state index contributed by atoms with van der Waals surface area (Å²) in [6, 6.07) is 11.3. The second-order valence-electron chi connectivity index (χ2n) is 5.08. The van der Waals surface area contributed by atoms with Gasteiger partial charge in [0.1, 0.15) is 6.54 Å². The first-order valence-electron chi connectivity index (χ1n) is 6.98. The summed E-state index contributed by atoms with van der Waals surface area (Å²) in [6.07, 6.45) is 1.65. The van der Waals surface area contributed by atoms with Crippen LogP contribution in [0.15, 0.2) is 56.8 Å². The van der Waals surface area contributed by atoms with Crippen LogP contribution in [0.25, 0.3) is 0 Å². The van der Waals surface area contributed by atoms with Gasteiger partial charge in [-0.1, -0.05) is 18.2 Å². The van der Waals surface area contributed by atoms with E-state index >= 15 is 0 Å². The SMILES string of the molecule is O=C(Cn1cc(Br)ccc1=O)N1CCSc2ccccc2C1. The Hall–Kier alpha value is -1.53. The van der Waals surface area contributed by atoms with E-state index in [9.17, 15) is 9.59 Å². The van der Waals surface area contributed by atoms with Crippen LogP contribution in [-0.2, 0) is 17.9 Å². The predicted molar refractivity (Wildman–Crippen MR) is 91.0 cm³/mol. The van der Waals surface area contributed by atoms with Crippen molar-refractivity contribution in [1.29, 1.82) is 0 Å². The number of hydrogen-bond acceptors (Lipinski definition) is 3. The summed E-state index contributed by atoms with van der Waals surface area (Å²) < 4.78 is 2.23. The van der Waals surface area contributed by atoms with E-state index in [0.717, 1.165) is 10.2 Å². The highest BCUT2D eigenvalue weighted by molar-refractivity contribution is 9.10. The fraction of sp³-hybridized carbons (Fsp3) is 0.250. The summed E-state index contributed by atoms with van der Waals surface area (Å²) >= 11 is 5.10. The number of rotatable bonds is 2. The van der Waals surface area contributed by atoms with Crippen molar-refractivity contribution in [3.63, 3.8) is 0 Å². The molecule has 1 aliphatic rings. The molecule has 3 rings (SSSR count). The molecule has 0 atom stereocenters. The molecule has 1 aromatic carbocycles. The molecule has 0 bridgehead atoms. The van der Waals surface area contributed by atoms with Gasteiger partial charge in [0, 0.05) is 40.5 Å². The van der Waals surface area contributed by atoms with Gasteiger partial charge in [-0.15, -0.1) is 11.8 Å². The summed E-state index contributed by atoms with van der Waals surface area (Å²) in [6.45, 7) is 1.37. The highest BCUT2D eigenvalue weighted by Gasteiger charge is 2.19. The maximum absolute atomic E-state index is 12.5. The number of thioether (sulfide) groups is 1. The topological polar surface area (TPSA) is 42.3 Å². The monoisotopic (exact) mass is 378 g/mol. The first-order valence-corrected chi connectivity index (χ1v) is 8.76. The highest BCUT2D eigenvalue weighted by Crippen LogP contribution is 2.27. The van der Waals surface area contributed by atoms with Gasteiger partial charge in [0.2, 0.25) is 5.91 Å². The molecule has 0 fully saturated rings. The van der Waals surface area contributed by atoms with E-state index in [0.29, 0.717) is 13.1 Å². The van der Waals surface area contributed by atoms with E-state index < -0.39 is 0 Å². The van der Waals surface area contributed by atoms with E-state index in [1.165, 1.54) is 21.1 Å². The molecule has 2 heterocycles. The number of aromatic nitrogens is 1. The Kier molecular flexibility index (Phi) is 4.69. The number of benzene rings is 1. The maximum Gasteiger partial charge on any atom is 0.251 e. The Morgan fingerprint density at radius 3 is 2.91 bits per heavy atom. The molecule has 0 N–H and O–H groups in total. The number of fused-ring (bicyclic) bond motifs is 1. The minimum Gasteiger partial charge on any atom is -0.336 e. The Labute approximate surface area is 141 Å². The third-order valence-electron chi connectivity index (χ3n) is 3.56. The lowest BCUT2D eigenvalue weighted by Gasteiger charge is -2.21. The average Bonchev–Trinajstić information content (AvgIpc) is 2.73. The van der Waals surface area contributed by atoms with Gasteiger partial charge in [-0.2, -0.15) is 0 Å². The quantitative estimate of drug-likeness (QED) is 0.806. The molecule has 0 saturated heterocycles. The zero-order valence-electron chi connectivity index (χ0n) is 11.9. The molecule has 2 aromatic rings. The van der Waals surface area contributed by atoms with Gasteiger partial charge < -0.3 is 9.47 Å². The van der Waals surface area contributed by atoms with Crippen molar-refractivity contribution in [1.82, 2.24) is 9.47 Å². The molecular weight excluding hydrogens is 364 g/mol. The van der Waals surface area contributed by atoms with Crippen LogP contribution in [0, 0.1) is 0 Å². The van der Waals surface area contributed by atoms with Crippen molar-refractivity contribution < 1.29 is 4.79 Å². The molecule has 6 heteroatoms. The van der Waals surface area contributed by atoms with Gasteiger partial charge in [0.05, 0.1) is 0 Å². The minimum absolute atomic E-state index is 0.0301. The molecule has 0 saturated carbocycles. The number of amides is 1. The van der Waals surface area contributed by atoms with Crippen LogP contribution in [0.4, 0.5) is 0 Å². The average molecular weight is 379 g/mol. The number of carbonyl (C=O) groups excluding carboxylic acids is 1. The summed E-state index contributed by atoms with van der Waals surface area (Å²) in [5.41, 5.74) is 1.00. The van der Waals surface area contributed by atoms with Gasteiger partial charge in [-0.05, 0) is 33.6 Å². The second-order valence-corrected chi connectivity index (χ2v) is 7.14. The van der Waals surface area contributed by atoms with Crippen LogP contribution in [-0.4, -0.2) is 27.7 Å². The number of hydrogen-bond donors (Lipinski definition) is 0. The normalized spacial score (nSPS) is 14.3. The Morgan fingerprint density at radius 2 is 2.05 bits per heavy atom. The molecular formula is C16H15BrN2O2S. The fourth-order valence-corrected chi connectivity index (χ4v) is 3.81. The van der Waals surface area contributed by atoms with Crippen LogP contribution >= 0.6 is 27.7 Å². The van der Waals surface area contributed by atoms with Gasteiger partial charge in [0.15, 0.2) is 0 Å².